The predicted octanol–water partition coefficient (Wildman–Crippen LogP) is -0.386. The number of nitrogens with zero attached hydrogens (tertiary/aromatic N) is 2. The van der Waals surface area contributed by atoms with Crippen molar-refractivity contribution < 1.29 is 14.4 Å². The molecule has 1 fully saturated rings. The van der Waals surface area contributed by atoms with E-state index in [0.29, 0.717) is 19.5 Å². The number of carbonyl (C=O) groups excluding carboxylic acids is 3. The van der Waals surface area contributed by atoms with Crippen LogP contribution < -0.4 is 10.6 Å². The van der Waals surface area contributed by atoms with E-state index >= 15 is 0 Å². The van der Waals surface area contributed by atoms with Crippen LogP contribution in [0.5, 0.6) is 0 Å². The second-order valence-corrected chi connectivity index (χ2v) is 6.34. The van der Waals surface area contributed by atoms with Gasteiger partial charge in [0.05, 0.1) is 6.04 Å². The first-order chi connectivity index (χ1) is 10.9. The van der Waals surface area contributed by atoms with Gasteiger partial charge in [0.2, 0.25) is 11.8 Å². The van der Waals surface area contributed by atoms with E-state index in [9.17, 15) is 14.4 Å². The highest BCUT2D eigenvalue weighted by atomic mass is 16.3. The summed E-state index contributed by atoms with van der Waals surface area (Å²) in [5.41, 5.74) is 0. The van der Waals surface area contributed by atoms with E-state index < -0.39 is 0 Å². The molecule has 1 aliphatic heterocycles. The first-order valence-corrected chi connectivity index (χ1v) is 8.32. The lowest BCUT2D eigenvalue weighted by Crippen LogP contribution is -2.46. The molecule has 23 heavy (non-hydrogen) atoms. The molecule has 0 aromatic heterocycles. The first-order valence-electron chi connectivity index (χ1n) is 8.32. The van der Waals surface area contributed by atoms with Crippen molar-refractivity contribution in [2.24, 2.45) is 0 Å². The van der Waals surface area contributed by atoms with Gasteiger partial charge in [0, 0.05) is 39.0 Å². The fraction of sp³-hybridized carbons (Fsp3) is 0.812. The lowest BCUT2D eigenvalue weighted by Gasteiger charge is -2.25. The third-order valence-corrected chi connectivity index (χ3v) is 3.95. The van der Waals surface area contributed by atoms with Crippen LogP contribution in [0, 0.1) is 0 Å². The van der Waals surface area contributed by atoms with E-state index in [1.807, 2.05) is 14.1 Å². The van der Waals surface area contributed by atoms with E-state index in [1.54, 1.807) is 0 Å². The molecule has 1 unspecified atom stereocenters. The molecule has 0 radical (unpaired) electrons. The molecule has 0 aromatic carbocycles. The molecular weight excluding hydrogens is 305 g/mol. The van der Waals surface area contributed by atoms with Crippen LogP contribution in [0.15, 0.2) is 0 Å². The van der Waals surface area contributed by atoms with Crippen LogP contribution in [0.3, 0.4) is 0 Å². The molecular formula is C16H30N4O3. The summed E-state index contributed by atoms with van der Waals surface area (Å²) in [6.07, 6.45) is 2.51. The number of hydrogen-bond acceptors (Lipinski definition) is 5. The third kappa shape index (κ3) is 8.08. The topological polar surface area (TPSA) is 81.8 Å². The quantitative estimate of drug-likeness (QED) is 0.420. The maximum atomic E-state index is 12.2. The summed E-state index contributed by atoms with van der Waals surface area (Å²) < 4.78 is 0. The van der Waals surface area contributed by atoms with E-state index in [2.05, 4.69) is 20.4 Å². The van der Waals surface area contributed by atoms with Crippen LogP contribution in [0.2, 0.25) is 0 Å². The zero-order valence-corrected chi connectivity index (χ0v) is 14.6. The van der Waals surface area contributed by atoms with Gasteiger partial charge in [-0.2, -0.15) is 0 Å². The van der Waals surface area contributed by atoms with E-state index in [0.717, 1.165) is 32.5 Å². The number of hydrogen-bond donors (Lipinski definition) is 2. The summed E-state index contributed by atoms with van der Waals surface area (Å²) in [5, 5.41) is 5.52. The van der Waals surface area contributed by atoms with Gasteiger partial charge in [0.15, 0.2) is 0 Å². The number of rotatable bonds is 10. The minimum absolute atomic E-state index is 0.0118. The van der Waals surface area contributed by atoms with Gasteiger partial charge in [-0.3, -0.25) is 19.3 Å². The molecule has 2 N–H and O–H groups in total. The van der Waals surface area contributed by atoms with Crippen LogP contribution >= 0.6 is 0 Å². The Morgan fingerprint density at radius 1 is 1.13 bits per heavy atom. The van der Waals surface area contributed by atoms with Crippen LogP contribution in [0.25, 0.3) is 0 Å². The second-order valence-electron chi connectivity index (χ2n) is 6.34. The number of Topliss-reactive ketones (excluding diaryl/α,β-unsaturated/α-hetero) is 1. The molecule has 7 heteroatoms. The Kier molecular flexibility index (Phi) is 8.79. The van der Waals surface area contributed by atoms with Gasteiger partial charge < -0.3 is 15.5 Å². The number of amides is 2. The molecule has 1 rings (SSSR count). The Labute approximate surface area is 138 Å². The SMILES string of the molecule is C[13C](=O)CCNC(=O)CCN[13C](=O)[13CH]1[13CH2][13CH2][13CH2][15N]1C[13CH2][15N](C)C. The Morgan fingerprint density at radius 3 is 2.48 bits per heavy atom. The monoisotopic (exact) mass is 335 g/mol. The molecule has 0 aromatic rings. The Bertz CT molecular complexity index is 412. The number of nitrogens with one attached hydrogen (secondary N) is 2. The van der Waals surface area contributed by atoms with Crippen molar-refractivity contribution in [2.75, 3.05) is 46.8 Å². The van der Waals surface area contributed by atoms with Crippen molar-refractivity contribution in [3.8, 4) is 0 Å². The zero-order valence-electron chi connectivity index (χ0n) is 14.6. The normalized spacial score (nSPS) is 18.2. The summed E-state index contributed by atoms with van der Waals surface area (Å²) in [7, 11) is 4.05. The fourth-order valence-electron chi connectivity index (χ4n) is 2.60. The molecule has 0 spiro atoms. The molecule has 132 valence electrons. The average Bonchev–Trinajstić information content (AvgIpc) is 2.93. The van der Waals surface area contributed by atoms with E-state index in [-0.39, 0.29) is 30.1 Å². The molecule has 0 aliphatic carbocycles. The summed E-state index contributed by atoms with van der Waals surface area (Å²) in [4.78, 5) is 38.9. The molecule has 7 nitrogen and oxygen atoms in total. The van der Waals surface area contributed by atoms with Crippen LogP contribution in [-0.4, -0.2) is 80.3 Å². The van der Waals surface area contributed by atoms with Crippen molar-refractivity contribution in [3.05, 3.63) is 0 Å². The Balaban J connectivity index is 2.22. The van der Waals surface area contributed by atoms with Crippen molar-refractivity contribution in [1.29, 1.82) is 0 Å². The first kappa shape index (κ1) is 19.6. The number of likely N-dealkylation sites (N-methyl/N-ethyl adjacent to an activating group) is 1. The maximum Gasteiger partial charge on any atom is 0.237 e. The van der Waals surface area contributed by atoms with Gasteiger partial charge in [-0.05, 0) is 40.4 Å². The molecule has 1 aliphatic rings. The molecule has 2 amide bonds. The minimum atomic E-state index is -0.137. The molecule has 1 saturated heterocycles. The molecule has 0 saturated carbocycles. The third-order valence-electron chi connectivity index (χ3n) is 3.95. The maximum absolute atomic E-state index is 12.2. The summed E-state index contributed by atoms with van der Waals surface area (Å²) in [6.45, 7) is 4.97. The van der Waals surface area contributed by atoms with Crippen molar-refractivity contribution in [3.63, 3.8) is 0 Å². The summed E-state index contributed by atoms with van der Waals surface area (Å²) in [6, 6.07) is -0.0734. The van der Waals surface area contributed by atoms with Crippen LogP contribution in [-0.2, 0) is 14.4 Å². The Hall–Kier alpha value is -1.47. The lowest BCUT2D eigenvalue weighted by molar-refractivity contribution is -0.125. The van der Waals surface area contributed by atoms with Gasteiger partial charge in [0.1, 0.15) is 5.78 Å². The highest BCUT2D eigenvalue weighted by molar-refractivity contribution is 5.83. The fourth-order valence-corrected chi connectivity index (χ4v) is 2.60. The molecule has 1 atom stereocenters. The zero-order chi connectivity index (χ0) is 17.2. The number of ketones is 1. The average molecular weight is 335 g/mol. The smallest absolute Gasteiger partial charge is 0.237 e. The predicted molar refractivity (Wildman–Crippen MR) is 89.1 cm³/mol. The molecule has 0 bridgehead atoms. The summed E-state index contributed by atoms with van der Waals surface area (Å²) >= 11 is 0. The number of likely N-dealkylation sites (tertiary alicyclic amines) is 1. The van der Waals surface area contributed by atoms with Crippen molar-refractivity contribution in [2.45, 2.75) is 38.6 Å². The second kappa shape index (κ2) is 10.3. The van der Waals surface area contributed by atoms with Gasteiger partial charge in [-0.15, -0.1) is 0 Å². The highest BCUT2D eigenvalue weighted by Crippen LogP contribution is 2.16. The molecule has 1 heterocycles. The van der Waals surface area contributed by atoms with Gasteiger partial charge in [0.25, 0.3) is 0 Å². The van der Waals surface area contributed by atoms with Crippen LogP contribution in [0.4, 0.5) is 0 Å². The van der Waals surface area contributed by atoms with Gasteiger partial charge in [-0.1, -0.05) is 0 Å². The van der Waals surface area contributed by atoms with Gasteiger partial charge >= 0.3 is 0 Å². The van der Waals surface area contributed by atoms with Crippen molar-refractivity contribution in [1.82, 2.24) is 20.4 Å². The summed E-state index contributed by atoms with van der Waals surface area (Å²) in [5.74, 6) is -0.0714. The minimum Gasteiger partial charge on any atom is -0.356 e. The Morgan fingerprint density at radius 2 is 1.83 bits per heavy atom. The largest absolute Gasteiger partial charge is 0.356 e. The lowest BCUT2D eigenvalue weighted by atomic mass is 10.4. The van der Waals surface area contributed by atoms with Crippen LogP contribution in [0.1, 0.15) is 32.6 Å². The highest BCUT2D eigenvalue weighted by Gasteiger charge is 2.30. The standard InChI is InChI=1S/C16H30N4O3/c1-13(21)6-8-17-15(22)7-9-18-16(23)14-5-4-10-20(14)12-11-19(2)3/h14H,4-12H2,1-3H3,(H,17,22)(H,18,23)/i4+1,5+1,10+1,11+1,13+1,14+1,16+1,19+1,20+1. The van der Waals surface area contributed by atoms with Crippen molar-refractivity contribution >= 4 is 17.6 Å². The van der Waals surface area contributed by atoms with E-state index in [4.69, 9.17) is 0 Å². The van der Waals surface area contributed by atoms with Gasteiger partial charge in [-0.25, -0.2) is 0 Å². The van der Waals surface area contributed by atoms with E-state index in [1.165, 1.54) is 6.92 Å². The number of carbonyl (C=O) groups is 3.